The molecule has 1 aromatic carbocycles. The quantitative estimate of drug-likeness (QED) is 0.619. The molecule has 0 saturated heterocycles. The Hall–Kier alpha value is -1.88. The number of halogens is 1. The van der Waals surface area contributed by atoms with Gasteiger partial charge in [-0.15, -0.1) is 0 Å². The molecular formula is C16H14BrNO3. The highest BCUT2D eigenvalue weighted by molar-refractivity contribution is 9.09. The van der Waals surface area contributed by atoms with Crippen molar-refractivity contribution in [1.82, 2.24) is 4.90 Å². The lowest BCUT2D eigenvalue weighted by Crippen LogP contribution is -2.39. The van der Waals surface area contributed by atoms with E-state index in [1.54, 1.807) is 6.26 Å². The van der Waals surface area contributed by atoms with Crippen LogP contribution in [0.4, 0.5) is 0 Å². The first kappa shape index (κ1) is 14.1. The Bertz CT molecular complexity index is 735. The van der Waals surface area contributed by atoms with Crippen LogP contribution in [0.1, 0.15) is 37.6 Å². The molecule has 1 aliphatic rings. The van der Waals surface area contributed by atoms with Crippen LogP contribution in [0.25, 0.3) is 0 Å². The first-order valence-electron chi connectivity index (χ1n) is 6.60. The number of benzene rings is 1. The summed E-state index contributed by atoms with van der Waals surface area (Å²) in [6.07, 6.45) is 1.97. The summed E-state index contributed by atoms with van der Waals surface area (Å²) in [5, 5.41) is 0. The van der Waals surface area contributed by atoms with Gasteiger partial charge in [0.05, 0.1) is 17.5 Å². The molecule has 0 spiro atoms. The molecule has 1 unspecified atom stereocenters. The predicted molar refractivity (Wildman–Crippen MR) is 81.5 cm³/mol. The predicted octanol–water partition coefficient (Wildman–Crippen LogP) is 3.23. The van der Waals surface area contributed by atoms with Crippen LogP contribution >= 0.6 is 15.9 Å². The van der Waals surface area contributed by atoms with Crippen molar-refractivity contribution in [2.24, 2.45) is 0 Å². The van der Waals surface area contributed by atoms with Crippen LogP contribution in [0.5, 0.6) is 0 Å². The second-order valence-electron chi connectivity index (χ2n) is 5.20. The smallest absolute Gasteiger partial charge is 0.260 e. The molecule has 0 N–H and O–H groups in total. The number of nitrogens with zero attached hydrogens (tertiary/aromatic N) is 1. The van der Waals surface area contributed by atoms with Crippen molar-refractivity contribution in [2.45, 2.75) is 18.2 Å². The number of fused-ring (bicyclic) bond motifs is 1. The van der Waals surface area contributed by atoms with Crippen LogP contribution in [0, 0.1) is 6.92 Å². The van der Waals surface area contributed by atoms with Crippen molar-refractivity contribution in [3.05, 3.63) is 58.5 Å². The van der Waals surface area contributed by atoms with E-state index in [0.717, 1.165) is 22.5 Å². The molecule has 5 heteroatoms. The molecule has 1 aromatic heterocycles. The third-order valence-corrected chi connectivity index (χ3v) is 4.78. The summed E-state index contributed by atoms with van der Waals surface area (Å²) in [5.41, 5.74) is 3.35. The fourth-order valence-corrected chi connectivity index (χ4v) is 2.99. The third kappa shape index (κ3) is 2.42. The number of hydrogen-bond acceptors (Lipinski definition) is 3. The molecule has 0 fully saturated rings. The SMILES string of the molecule is Cc1cc(C(Br)c2ccc3c(c2)C(=O)N(C)C(=O)C3)co1. The maximum absolute atomic E-state index is 12.2. The standard InChI is InChI=1S/C16H14BrNO3/c1-9-5-12(8-21-9)15(17)11-4-3-10-7-14(19)18(2)16(20)13(10)6-11/h3-6,8,15H,7H2,1-2H3. The van der Waals surface area contributed by atoms with Crippen LogP contribution in [-0.4, -0.2) is 23.8 Å². The van der Waals surface area contributed by atoms with E-state index in [4.69, 9.17) is 4.42 Å². The van der Waals surface area contributed by atoms with Crippen LogP contribution < -0.4 is 0 Å². The van der Waals surface area contributed by atoms with Crippen LogP contribution in [0.3, 0.4) is 0 Å². The molecule has 2 amide bonds. The van der Waals surface area contributed by atoms with Gasteiger partial charge >= 0.3 is 0 Å². The zero-order valence-electron chi connectivity index (χ0n) is 11.7. The van der Waals surface area contributed by atoms with Gasteiger partial charge in [-0.05, 0) is 30.2 Å². The van der Waals surface area contributed by atoms with E-state index in [2.05, 4.69) is 15.9 Å². The lowest BCUT2D eigenvalue weighted by molar-refractivity contribution is -0.127. The fourth-order valence-electron chi connectivity index (χ4n) is 2.47. The minimum absolute atomic E-state index is 0.0454. The van der Waals surface area contributed by atoms with E-state index < -0.39 is 0 Å². The molecule has 1 aliphatic heterocycles. The van der Waals surface area contributed by atoms with Crippen molar-refractivity contribution >= 4 is 27.7 Å². The van der Waals surface area contributed by atoms with Crippen molar-refractivity contribution in [3.63, 3.8) is 0 Å². The largest absolute Gasteiger partial charge is 0.469 e. The first-order valence-corrected chi connectivity index (χ1v) is 7.51. The Labute approximate surface area is 130 Å². The molecule has 0 bridgehead atoms. The number of likely N-dealkylation sites (N-methyl/N-ethyl adjacent to an activating group) is 1. The highest BCUT2D eigenvalue weighted by Crippen LogP contribution is 2.34. The zero-order chi connectivity index (χ0) is 15.1. The van der Waals surface area contributed by atoms with Gasteiger partial charge in [0.2, 0.25) is 5.91 Å². The van der Waals surface area contributed by atoms with Gasteiger partial charge in [0.1, 0.15) is 5.76 Å². The molecule has 3 rings (SSSR count). The number of alkyl halides is 1. The first-order chi connectivity index (χ1) is 9.97. The maximum Gasteiger partial charge on any atom is 0.260 e. The summed E-state index contributed by atoms with van der Waals surface area (Å²) < 4.78 is 5.32. The summed E-state index contributed by atoms with van der Waals surface area (Å²) >= 11 is 3.63. The third-order valence-electron chi connectivity index (χ3n) is 3.72. The van der Waals surface area contributed by atoms with Crippen molar-refractivity contribution in [3.8, 4) is 0 Å². The highest BCUT2D eigenvalue weighted by atomic mass is 79.9. The monoisotopic (exact) mass is 347 g/mol. The zero-order valence-corrected chi connectivity index (χ0v) is 13.3. The Kier molecular flexibility index (Phi) is 3.45. The number of furan rings is 1. The van der Waals surface area contributed by atoms with Gasteiger partial charge in [0.15, 0.2) is 0 Å². The van der Waals surface area contributed by atoms with Crippen LogP contribution in [-0.2, 0) is 11.2 Å². The van der Waals surface area contributed by atoms with Gasteiger partial charge in [-0.3, -0.25) is 14.5 Å². The number of carbonyl (C=O) groups excluding carboxylic acids is 2. The number of hydrogen-bond donors (Lipinski definition) is 0. The number of amides is 2. The Balaban J connectivity index is 2.00. The normalized spacial score (nSPS) is 16.0. The summed E-state index contributed by atoms with van der Waals surface area (Å²) in [6.45, 7) is 1.89. The Morgan fingerprint density at radius 2 is 2.00 bits per heavy atom. The van der Waals surface area contributed by atoms with Crippen molar-refractivity contribution in [1.29, 1.82) is 0 Å². The maximum atomic E-state index is 12.2. The van der Waals surface area contributed by atoms with Gasteiger partial charge in [0.25, 0.3) is 5.91 Å². The van der Waals surface area contributed by atoms with E-state index >= 15 is 0 Å². The minimum atomic E-state index is -0.244. The molecule has 0 saturated carbocycles. The fraction of sp³-hybridized carbons (Fsp3) is 0.250. The van der Waals surface area contributed by atoms with Crippen LogP contribution in [0.2, 0.25) is 0 Å². The second kappa shape index (κ2) is 5.15. The van der Waals surface area contributed by atoms with Gasteiger partial charge in [-0.2, -0.15) is 0 Å². The van der Waals surface area contributed by atoms with Crippen molar-refractivity contribution < 1.29 is 14.0 Å². The summed E-state index contributed by atoms with van der Waals surface area (Å²) in [5.74, 6) is 0.432. The van der Waals surface area contributed by atoms with E-state index in [1.807, 2.05) is 31.2 Å². The van der Waals surface area contributed by atoms with Crippen LogP contribution in [0.15, 0.2) is 34.9 Å². The Morgan fingerprint density at radius 3 is 2.67 bits per heavy atom. The molecule has 1 atom stereocenters. The van der Waals surface area contributed by atoms with Gasteiger partial charge in [-0.1, -0.05) is 28.1 Å². The van der Waals surface area contributed by atoms with Crippen molar-refractivity contribution in [2.75, 3.05) is 7.05 Å². The van der Waals surface area contributed by atoms with E-state index in [-0.39, 0.29) is 23.1 Å². The average Bonchev–Trinajstić information content (AvgIpc) is 2.90. The topological polar surface area (TPSA) is 50.5 Å². The lowest BCUT2D eigenvalue weighted by Gasteiger charge is -2.24. The molecule has 0 radical (unpaired) electrons. The molecular weight excluding hydrogens is 334 g/mol. The molecule has 108 valence electrons. The summed E-state index contributed by atoms with van der Waals surface area (Å²) in [4.78, 5) is 25.0. The minimum Gasteiger partial charge on any atom is -0.469 e. The molecule has 21 heavy (non-hydrogen) atoms. The van der Waals surface area contributed by atoms with Gasteiger partial charge in [0, 0.05) is 18.2 Å². The second-order valence-corrected chi connectivity index (χ2v) is 6.12. The number of aryl methyl sites for hydroxylation is 1. The molecule has 0 aliphatic carbocycles. The lowest BCUT2D eigenvalue weighted by atomic mass is 9.94. The summed E-state index contributed by atoms with van der Waals surface area (Å²) in [6, 6.07) is 7.60. The van der Waals surface area contributed by atoms with E-state index in [9.17, 15) is 9.59 Å². The molecule has 4 nitrogen and oxygen atoms in total. The Morgan fingerprint density at radius 1 is 1.24 bits per heavy atom. The van der Waals surface area contributed by atoms with Gasteiger partial charge < -0.3 is 4.42 Å². The number of imide groups is 1. The van der Waals surface area contributed by atoms with E-state index in [1.165, 1.54) is 11.9 Å². The highest BCUT2D eigenvalue weighted by Gasteiger charge is 2.28. The average molecular weight is 348 g/mol. The van der Waals surface area contributed by atoms with E-state index in [0.29, 0.717) is 5.56 Å². The summed E-state index contributed by atoms with van der Waals surface area (Å²) in [7, 11) is 1.52. The number of rotatable bonds is 2. The van der Waals surface area contributed by atoms with Gasteiger partial charge in [-0.25, -0.2) is 0 Å². The molecule has 2 heterocycles. The number of carbonyl (C=O) groups is 2. The molecule has 2 aromatic rings.